The molecule has 4 heteroatoms. The minimum Gasteiger partial charge on any atom is -0.495 e. The van der Waals surface area contributed by atoms with Gasteiger partial charge in [-0.15, -0.1) is 0 Å². The van der Waals surface area contributed by atoms with Gasteiger partial charge in [0.15, 0.2) is 5.58 Å². The molecule has 0 aliphatic carbocycles. The first-order valence-corrected chi connectivity index (χ1v) is 5.49. The summed E-state index contributed by atoms with van der Waals surface area (Å²) in [5.74, 6) is 0.654. The lowest BCUT2D eigenvalue weighted by molar-refractivity contribution is 0.408. The molecule has 2 N–H and O–H groups in total. The Balaban J connectivity index is 2.61. The van der Waals surface area contributed by atoms with E-state index in [4.69, 9.17) is 26.5 Å². The molecule has 1 unspecified atom stereocenters. The maximum atomic E-state index is 6.21. The number of fused-ring (bicyclic) bond motifs is 1. The molecule has 0 saturated heterocycles. The van der Waals surface area contributed by atoms with Crippen molar-refractivity contribution in [1.29, 1.82) is 0 Å². The van der Waals surface area contributed by atoms with Gasteiger partial charge in [0, 0.05) is 11.4 Å². The van der Waals surface area contributed by atoms with Crippen molar-refractivity contribution in [3.8, 4) is 5.75 Å². The van der Waals surface area contributed by atoms with E-state index >= 15 is 0 Å². The maximum absolute atomic E-state index is 6.21. The van der Waals surface area contributed by atoms with Crippen LogP contribution < -0.4 is 10.5 Å². The zero-order chi connectivity index (χ0) is 11.7. The van der Waals surface area contributed by atoms with E-state index in [2.05, 4.69) is 0 Å². The lowest BCUT2D eigenvalue weighted by Crippen LogP contribution is -2.18. The molecule has 0 bridgehead atoms. The van der Waals surface area contributed by atoms with Gasteiger partial charge >= 0.3 is 0 Å². The number of halogens is 1. The van der Waals surface area contributed by atoms with Crippen molar-refractivity contribution < 1.29 is 9.15 Å². The Hall–Kier alpha value is -1.19. The second-order valence-electron chi connectivity index (χ2n) is 3.90. The number of furan rings is 1. The SMILES string of the molecule is COc1c(CC(C)N)cc2ccoc2c1Cl. The lowest BCUT2D eigenvalue weighted by Gasteiger charge is -2.12. The van der Waals surface area contributed by atoms with Gasteiger partial charge in [-0.1, -0.05) is 11.6 Å². The average molecular weight is 240 g/mol. The highest BCUT2D eigenvalue weighted by atomic mass is 35.5. The van der Waals surface area contributed by atoms with Crippen molar-refractivity contribution in [3.63, 3.8) is 0 Å². The lowest BCUT2D eigenvalue weighted by atomic mass is 10.0. The van der Waals surface area contributed by atoms with Crippen molar-refractivity contribution >= 4 is 22.6 Å². The van der Waals surface area contributed by atoms with Crippen LogP contribution in [0.3, 0.4) is 0 Å². The molecule has 2 rings (SSSR count). The molecule has 0 spiro atoms. The first-order chi connectivity index (χ1) is 7.63. The molecule has 16 heavy (non-hydrogen) atoms. The standard InChI is InChI=1S/C12H14ClNO2/c1-7(14)5-9-6-8-3-4-16-12(8)10(13)11(9)15-2/h3-4,6-7H,5,14H2,1-2H3. The maximum Gasteiger partial charge on any atom is 0.156 e. The minimum absolute atomic E-state index is 0.0642. The number of hydrogen-bond acceptors (Lipinski definition) is 3. The van der Waals surface area contributed by atoms with Gasteiger partial charge in [-0.05, 0) is 31.0 Å². The van der Waals surface area contributed by atoms with E-state index in [1.807, 2.05) is 19.1 Å². The summed E-state index contributed by atoms with van der Waals surface area (Å²) in [4.78, 5) is 0. The summed E-state index contributed by atoms with van der Waals surface area (Å²) in [5, 5.41) is 1.49. The molecule has 0 saturated carbocycles. The minimum atomic E-state index is 0.0642. The zero-order valence-corrected chi connectivity index (χ0v) is 10.0. The summed E-state index contributed by atoms with van der Waals surface area (Å²) in [6.45, 7) is 1.95. The number of hydrogen-bond donors (Lipinski definition) is 1. The summed E-state index contributed by atoms with van der Waals surface area (Å²) in [5.41, 5.74) is 7.47. The highest BCUT2D eigenvalue weighted by molar-refractivity contribution is 6.36. The van der Waals surface area contributed by atoms with Crippen LogP contribution in [-0.4, -0.2) is 13.2 Å². The summed E-state index contributed by atoms with van der Waals surface area (Å²) in [6.07, 6.45) is 2.34. The van der Waals surface area contributed by atoms with Crippen molar-refractivity contribution in [1.82, 2.24) is 0 Å². The van der Waals surface area contributed by atoms with Crippen LogP contribution in [0.4, 0.5) is 0 Å². The van der Waals surface area contributed by atoms with E-state index in [1.54, 1.807) is 13.4 Å². The molecule has 1 aromatic carbocycles. The first-order valence-electron chi connectivity index (χ1n) is 5.11. The van der Waals surface area contributed by atoms with Gasteiger partial charge < -0.3 is 14.9 Å². The molecule has 0 radical (unpaired) electrons. The molecule has 0 fully saturated rings. The van der Waals surface area contributed by atoms with Crippen LogP contribution in [0, 0.1) is 0 Å². The number of methoxy groups -OCH3 is 1. The molecule has 0 aliphatic rings. The van der Waals surface area contributed by atoms with Gasteiger partial charge in [0.05, 0.1) is 13.4 Å². The third kappa shape index (κ3) is 1.88. The highest BCUT2D eigenvalue weighted by Crippen LogP contribution is 2.37. The monoisotopic (exact) mass is 239 g/mol. The highest BCUT2D eigenvalue weighted by Gasteiger charge is 2.15. The van der Waals surface area contributed by atoms with Gasteiger partial charge in [0.25, 0.3) is 0 Å². The van der Waals surface area contributed by atoms with E-state index < -0.39 is 0 Å². The van der Waals surface area contributed by atoms with E-state index in [1.165, 1.54) is 0 Å². The molecule has 0 aliphatic heterocycles. The van der Waals surface area contributed by atoms with Crippen LogP contribution in [0.25, 0.3) is 11.0 Å². The second-order valence-corrected chi connectivity index (χ2v) is 4.28. The first kappa shape index (κ1) is 11.3. The molecule has 1 aromatic heterocycles. The number of benzene rings is 1. The average Bonchev–Trinajstić information content (AvgIpc) is 2.65. The molecule has 1 atom stereocenters. The Morgan fingerprint density at radius 3 is 2.94 bits per heavy atom. The van der Waals surface area contributed by atoms with E-state index in [0.29, 0.717) is 16.4 Å². The van der Waals surface area contributed by atoms with Crippen molar-refractivity contribution in [2.24, 2.45) is 5.73 Å². The van der Waals surface area contributed by atoms with E-state index in [9.17, 15) is 0 Å². The third-order valence-electron chi connectivity index (χ3n) is 2.46. The summed E-state index contributed by atoms with van der Waals surface area (Å²) < 4.78 is 10.6. The van der Waals surface area contributed by atoms with Gasteiger partial charge in [-0.25, -0.2) is 0 Å². The molecule has 1 heterocycles. The zero-order valence-electron chi connectivity index (χ0n) is 9.29. The van der Waals surface area contributed by atoms with Crippen molar-refractivity contribution in [2.45, 2.75) is 19.4 Å². The Bertz CT molecular complexity index is 505. The normalized spacial score (nSPS) is 13.0. The van der Waals surface area contributed by atoms with Gasteiger partial charge in [-0.2, -0.15) is 0 Å². The Morgan fingerprint density at radius 2 is 2.31 bits per heavy atom. The Labute approximate surface area is 99.1 Å². The van der Waals surface area contributed by atoms with Crippen molar-refractivity contribution in [2.75, 3.05) is 7.11 Å². The third-order valence-corrected chi connectivity index (χ3v) is 2.81. The van der Waals surface area contributed by atoms with Gasteiger partial charge in [0.1, 0.15) is 10.8 Å². The molecular weight excluding hydrogens is 226 g/mol. The Kier molecular flexibility index (Phi) is 3.08. The van der Waals surface area contributed by atoms with Gasteiger partial charge in [-0.3, -0.25) is 0 Å². The topological polar surface area (TPSA) is 48.4 Å². The van der Waals surface area contributed by atoms with Crippen LogP contribution in [0.15, 0.2) is 22.8 Å². The van der Waals surface area contributed by atoms with Crippen LogP contribution in [0.1, 0.15) is 12.5 Å². The summed E-state index contributed by atoms with van der Waals surface area (Å²) >= 11 is 6.21. The summed E-state index contributed by atoms with van der Waals surface area (Å²) in [7, 11) is 1.60. The van der Waals surface area contributed by atoms with Crippen LogP contribution in [0.2, 0.25) is 5.02 Å². The number of rotatable bonds is 3. The molecule has 2 aromatic rings. The van der Waals surface area contributed by atoms with E-state index in [-0.39, 0.29) is 6.04 Å². The van der Waals surface area contributed by atoms with Crippen LogP contribution >= 0.6 is 11.6 Å². The number of nitrogens with two attached hydrogens (primary N) is 1. The molecular formula is C12H14ClNO2. The van der Waals surface area contributed by atoms with Crippen molar-refractivity contribution in [3.05, 3.63) is 29.0 Å². The summed E-state index contributed by atoms with van der Waals surface area (Å²) in [6, 6.07) is 3.95. The predicted octanol–water partition coefficient (Wildman–Crippen LogP) is 2.98. The van der Waals surface area contributed by atoms with Gasteiger partial charge in [0.2, 0.25) is 0 Å². The fraction of sp³-hybridized carbons (Fsp3) is 0.333. The van der Waals surface area contributed by atoms with Crippen LogP contribution in [-0.2, 0) is 6.42 Å². The quantitative estimate of drug-likeness (QED) is 0.896. The fourth-order valence-electron chi connectivity index (χ4n) is 1.83. The number of ether oxygens (including phenoxy) is 1. The van der Waals surface area contributed by atoms with E-state index in [0.717, 1.165) is 17.4 Å². The fourth-order valence-corrected chi connectivity index (χ4v) is 2.18. The molecule has 0 amide bonds. The molecule has 86 valence electrons. The molecule has 3 nitrogen and oxygen atoms in total. The second kappa shape index (κ2) is 4.36. The smallest absolute Gasteiger partial charge is 0.156 e. The predicted molar refractivity (Wildman–Crippen MR) is 65.1 cm³/mol. The van der Waals surface area contributed by atoms with Crippen LogP contribution in [0.5, 0.6) is 5.75 Å². The largest absolute Gasteiger partial charge is 0.495 e. The Morgan fingerprint density at radius 1 is 1.56 bits per heavy atom.